The highest BCUT2D eigenvalue weighted by Gasteiger charge is 2.23. The molecule has 1 aliphatic rings. The number of thioether (sulfide) groups is 1. The van der Waals surface area contributed by atoms with E-state index in [4.69, 9.17) is 5.11 Å². The van der Waals surface area contributed by atoms with Gasteiger partial charge in [-0.2, -0.15) is 11.8 Å². The molecule has 1 aliphatic heterocycles. The molecule has 1 fully saturated rings. The maximum absolute atomic E-state index is 12.3. The molecule has 0 spiro atoms. The topological polar surface area (TPSA) is 69.6 Å². The van der Waals surface area contributed by atoms with Gasteiger partial charge in [0.1, 0.15) is 0 Å². The predicted molar refractivity (Wildman–Crippen MR) is 80.7 cm³/mol. The second-order valence-corrected chi connectivity index (χ2v) is 6.03. The van der Waals surface area contributed by atoms with Gasteiger partial charge in [0.2, 0.25) is 0 Å². The lowest BCUT2D eigenvalue weighted by Crippen LogP contribution is -2.46. The first-order chi connectivity index (χ1) is 9.49. The first-order valence-electron chi connectivity index (χ1n) is 6.48. The Kier molecular flexibility index (Phi) is 4.54. The summed E-state index contributed by atoms with van der Waals surface area (Å²) in [5.41, 5.74) is 1.58. The molecule has 2 amide bonds. The smallest absolute Gasteiger partial charge is 0.335 e. The van der Waals surface area contributed by atoms with Crippen LogP contribution in [0.3, 0.4) is 0 Å². The molecule has 1 unspecified atom stereocenters. The van der Waals surface area contributed by atoms with Crippen LogP contribution in [0, 0.1) is 6.92 Å². The number of rotatable bonds is 2. The lowest BCUT2D eigenvalue weighted by molar-refractivity contribution is 0.0697. The van der Waals surface area contributed by atoms with Crippen LogP contribution < -0.4 is 5.32 Å². The van der Waals surface area contributed by atoms with Crippen molar-refractivity contribution in [3.05, 3.63) is 29.3 Å². The zero-order valence-electron chi connectivity index (χ0n) is 11.5. The number of nitrogens with zero attached hydrogens (tertiary/aromatic N) is 1. The number of amides is 2. The van der Waals surface area contributed by atoms with E-state index in [0.29, 0.717) is 5.69 Å². The van der Waals surface area contributed by atoms with Crippen molar-refractivity contribution in [1.82, 2.24) is 4.90 Å². The van der Waals surface area contributed by atoms with Crippen LogP contribution in [0.15, 0.2) is 18.2 Å². The van der Waals surface area contributed by atoms with Gasteiger partial charge >= 0.3 is 12.0 Å². The van der Waals surface area contributed by atoms with Crippen molar-refractivity contribution in [3.8, 4) is 0 Å². The lowest BCUT2D eigenvalue weighted by atomic mass is 10.1. The van der Waals surface area contributed by atoms with E-state index in [1.807, 2.05) is 25.6 Å². The molecule has 1 atom stereocenters. The Morgan fingerprint density at radius 1 is 1.45 bits per heavy atom. The molecule has 2 rings (SSSR count). The Morgan fingerprint density at radius 2 is 2.20 bits per heavy atom. The number of urea groups is 1. The van der Waals surface area contributed by atoms with Gasteiger partial charge in [-0.25, -0.2) is 9.59 Å². The summed E-state index contributed by atoms with van der Waals surface area (Å²) in [6, 6.07) is 4.76. The first kappa shape index (κ1) is 14.7. The number of hydrogen-bond acceptors (Lipinski definition) is 3. The normalized spacial score (nSPS) is 18.7. The van der Waals surface area contributed by atoms with E-state index in [0.717, 1.165) is 23.6 Å². The molecule has 108 valence electrons. The van der Waals surface area contributed by atoms with Crippen LogP contribution in [0.4, 0.5) is 10.5 Å². The number of carbonyl (C=O) groups is 2. The number of carbonyl (C=O) groups excluding carboxylic acids is 1. The van der Waals surface area contributed by atoms with Crippen LogP contribution in [0.25, 0.3) is 0 Å². The maximum atomic E-state index is 12.3. The second-order valence-electron chi connectivity index (χ2n) is 4.88. The Bertz CT molecular complexity index is 533. The molecule has 1 heterocycles. The highest BCUT2D eigenvalue weighted by atomic mass is 32.2. The van der Waals surface area contributed by atoms with Crippen molar-refractivity contribution in [3.63, 3.8) is 0 Å². The van der Waals surface area contributed by atoms with Gasteiger partial charge in [0.05, 0.1) is 5.56 Å². The zero-order chi connectivity index (χ0) is 14.7. The third-order valence-electron chi connectivity index (χ3n) is 3.35. The van der Waals surface area contributed by atoms with E-state index >= 15 is 0 Å². The fourth-order valence-corrected chi connectivity index (χ4v) is 3.12. The molecule has 1 saturated heterocycles. The van der Waals surface area contributed by atoms with Crippen molar-refractivity contribution in [2.75, 3.05) is 23.4 Å². The summed E-state index contributed by atoms with van der Waals surface area (Å²) in [6.45, 7) is 4.58. The lowest BCUT2D eigenvalue weighted by Gasteiger charge is -2.33. The molecular weight excluding hydrogens is 276 g/mol. The number of carboxylic acids is 1. The average Bonchev–Trinajstić information content (AvgIpc) is 2.41. The number of hydrogen-bond donors (Lipinski definition) is 2. The van der Waals surface area contributed by atoms with Gasteiger partial charge in [-0.3, -0.25) is 0 Å². The summed E-state index contributed by atoms with van der Waals surface area (Å²) in [5.74, 6) is 0.872. The Hall–Kier alpha value is -1.69. The molecule has 5 nitrogen and oxygen atoms in total. The van der Waals surface area contributed by atoms with Gasteiger partial charge in [0.25, 0.3) is 0 Å². The highest BCUT2D eigenvalue weighted by molar-refractivity contribution is 7.99. The second kappa shape index (κ2) is 6.17. The van der Waals surface area contributed by atoms with E-state index in [2.05, 4.69) is 5.32 Å². The number of anilines is 1. The van der Waals surface area contributed by atoms with E-state index in [1.165, 1.54) is 12.1 Å². The van der Waals surface area contributed by atoms with Crippen LogP contribution in [0.5, 0.6) is 0 Å². The molecule has 0 bridgehead atoms. The van der Waals surface area contributed by atoms with E-state index in [1.54, 1.807) is 11.0 Å². The van der Waals surface area contributed by atoms with Gasteiger partial charge in [-0.05, 0) is 31.5 Å². The van der Waals surface area contributed by atoms with Gasteiger partial charge in [-0.1, -0.05) is 6.07 Å². The van der Waals surface area contributed by atoms with Crippen molar-refractivity contribution in [2.24, 2.45) is 0 Å². The SMILES string of the molecule is Cc1ccc(C(=O)O)cc1NC(=O)N1CCSCC1C. The van der Waals surface area contributed by atoms with E-state index in [-0.39, 0.29) is 17.6 Å². The van der Waals surface area contributed by atoms with Crippen molar-refractivity contribution < 1.29 is 14.7 Å². The zero-order valence-corrected chi connectivity index (χ0v) is 12.4. The van der Waals surface area contributed by atoms with Crippen LogP contribution in [-0.4, -0.2) is 46.1 Å². The summed E-state index contributed by atoms with van der Waals surface area (Å²) < 4.78 is 0. The Morgan fingerprint density at radius 3 is 2.85 bits per heavy atom. The summed E-state index contributed by atoms with van der Waals surface area (Å²) in [4.78, 5) is 25.0. The van der Waals surface area contributed by atoms with Crippen LogP contribution in [-0.2, 0) is 0 Å². The quantitative estimate of drug-likeness (QED) is 0.880. The first-order valence-corrected chi connectivity index (χ1v) is 7.64. The minimum Gasteiger partial charge on any atom is -0.478 e. The summed E-state index contributed by atoms with van der Waals surface area (Å²) in [7, 11) is 0. The summed E-state index contributed by atoms with van der Waals surface area (Å²) >= 11 is 1.84. The van der Waals surface area contributed by atoms with Gasteiger partial charge < -0.3 is 15.3 Å². The Labute approximate surface area is 122 Å². The number of aryl methyl sites for hydroxylation is 1. The molecule has 1 aromatic carbocycles. The van der Waals surface area contributed by atoms with Crippen molar-refractivity contribution in [1.29, 1.82) is 0 Å². The van der Waals surface area contributed by atoms with Gasteiger partial charge in [0, 0.05) is 29.8 Å². The van der Waals surface area contributed by atoms with Crippen LogP contribution >= 0.6 is 11.8 Å². The third kappa shape index (κ3) is 3.25. The number of aromatic carboxylic acids is 1. The predicted octanol–water partition coefficient (Wildman–Crippen LogP) is 2.66. The fourth-order valence-electron chi connectivity index (χ4n) is 2.11. The molecule has 1 aromatic rings. The van der Waals surface area contributed by atoms with Crippen LogP contribution in [0.2, 0.25) is 0 Å². The summed E-state index contributed by atoms with van der Waals surface area (Å²) in [6.07, 6.45) is 0. The van der Waals surface area contributed by atoms with Crippen LogP contribution in [0.1, 0.15) is 22.8 Å². The van der Waals surface area contributed by atoms with Gasteiger partial charge in [-0.15, -0.1) is 0 Å². The minimum absolute atomic E-state index is 0.163. The molecule has 0 aromatic heterocycles. The standard InChI is InChI=1S/C14H18N2O3S/c1-9-3-4-11(13(17)18)7-12(9)15-14(19)16-5-6-20-8-10(16)2/h3-4,7,10H,5-6,8H2,1-2H3,(H,15,19)(H,17,18). The molecule has 0 aliphatic carbocycles. The van der Waals surface area contributed by atoms with Crippen molar-refractivity contribution in [2.45, 2.75) is 19.9 Å². The largest absolute Gasteiger partial charge is 0.478 e. The Balaban J connectivity index is 2.14. The monoisotopic (exact) mass is 294 g/mol. The number of benzene rings is 1. The van der Waals surface area contributed by atoms with Gasteiger partial charge in [0.15, 0.2) is 0 Å². The number of carboxylic acid groups (broad SMARTS) is 1. The number of nitrogens with one attached hydrogen (secondary N) is 1. The van der Waals surface area contributed by atoms with E-state index in [9.17, 15) is 9.59 Å². The highest BCUT2D eigenvalue weighted by Crippen LogP contribution is 2.20. The molecular formula is C14H18N2O3S. The molecule has 0 radical (unpaired) electrons. The summed E-state index contributed by atoms with van der Waals surface area (Å²) in [5, 5.41) is 11.8. The fraction of sp³-hybridized carbons (Fsp3) is 0.429. The maximum Gasteiger partial charge on any atom is 0.335 e. The average molecular weight is 294 g/mol. The molecule has 6 heteroatoms. The van der Waals surface area contributed by atoms with Crippen molar-refractivity contribution >= 4 is 29.4 Å². The molecule has 20 heavy (non-hydrogen) atoms. The minimum atomic E-state index is -0.997. The molecule has 2 N–H and O–H groups in total. The third-order valence-corrected chi connectivity index (χ3v) is 4.54. The molecule has 0 saturated carbocycles. The van der Waals surface area contributed by atoms with E-state index < -0.39 is 5.97 Å².